The minimum atomic E-state index is -1.54. The average molecular weight is 220 g/mol. The van der Waals surface area contributed by atoms with Crippen molar-refractivity contribution in [3.05, 3.63) is 0 Å². The van der Waals surface area contributed by atoms with Crippen molar-refractivity contribution in [3.8, 4) is 0 Å². The Bertz CT molecular complexity index is 170. The third kappa shape index (κ3) is 5.61. The molecule has 0 radical (unpaired) electrons. The molecule has 0 saturated carbocycles. The standard InChI is InChI=1S/C9H18O4.Al.3H/c1-6(2)12-9(5,8(10)11)13-7(3)4;;;;/h6-7H,1-5H3,(H,10,11);;;;. The lowest BCUT2D eigenvalue weighted by Gasteiger charge is -2.29. The minimum absolute atomic E-state index is 0. The van der Waals surface area contributed by atoms with Crippen LogP contribution in [0, 0.1) is 0 Å². The molecule has 0 aromatic rings. The summed E-state index contributed by atoms with van der Waals surface area (Å²) >= 11 is 0. The molecule has 0 rings (SSSR count). The van der Waals surface area contributed by atoms with E-state index in [4.69, 9.17) is 14.6 Å². The van der Waals surface area contributed by atoms with Crippen LogP contribution in [-0.2, 0) is 14.3 Å². The zero-order valence-electron chi connectivity index (χ0n) is 8.83. The molecular weight excluding hydrogens is 199 g/mol. The van der Waals surface area contributed by atoms with E-state index in [0.29, 0.717) is 0 Å². The van der Waals surface area contributed by atoms with Crippen molar-refractivity contribution in [2.45, 2.75) is 52.6 Å². The lowest BCUT2D eigenvalue weighted by Crippen LogP contribution is -2.44. The summed E-state index contributed by atoms with van der Waals surface area (Å²) < 4.78 is 10.4. The second kappa shape index (κ2) is 6.41. The predicted octanol–water partition coefficient (Wildman–Crippen LogP) is 0.453. The smallest absolute Gasteiger partial charge is 0.364 e. The van der Waals surface area contributed by atoms with Gasteiger partial charge in [-0.25, -0.2) is 4.79 Å². The van der Waals surface area contributed by atoms with Gasteiger partial charge >= 0.3 is 5.97 Å². The lowest BCUT2D eigenvalue weighted by molar-refractivity contribution is -0.259. The summed E-state index contributed by atoms with van der Waals surface area (Å²) in [6.45, 7) is 8.49. The summed E-state index contributed by atoms with van der Waals surface area (Å²) in [6.07, 6.45) is -0.361. The van der Waals surface area contributed by atoms with E-state index in [2.05, 4.69) is 0 Å². The maximum atomic E-state index is 10.8. The number of carboxylic acid groups (broad SMARTS) is 1. The SMILES string of the molecule is CC(C)OC(C)(OC(C)C)C(=O)O.[AlH3]. The van der Waals surface area contributed by atoms with Crippen LogP contribution in [0.1, 0.15) is 34.6 Å². The topological polar surface area (TPSA) is 55.8 Å². The molecule has 0 atom stereocenters. The van der Waals surface area contributed by atoms with Crippen LogP contribution in [0.4, 0.5) is 0 Å². The van der Waals surface area contributed by atoms with Crippen LogP contribution >= 0.6 is 0 Å². The third-order valence-electron chi connectivity index (χ3n) is 1.31. The van der Waals surface area contributed by atoms with Gasteiger partial charge in [0.2, 0.25) is 0 Å². The van der Waals surface area contributed by atoms with Crippen molar-refractivity contribution in [1.82, 2.24) is 0 Å². The fourth-order valence-corrected chi connectivity index (χ4v) is 1.03. The van der Waals surface area contributed by atoms with E-state index in [1.807, 2.05) is 0 Å². The van der Waals surface area contributed by atoms with Crippen molar-refractivity contribution in [3.63, 3.8) is 0 Å². The van der Waals surface area contributed by atoms with Crippen molar-refractivity contribution in [2.24, 2.45) is 0 Å². The summed E-state index contributed by atoms with van der Waals surface area (Å²) in [5.74, 6) is -2.64. The normalized spacial score (nSPS) is 11.6. The largest absolute Gasteiger partial charge is 0.477 e. The van der Waals surface area contributed by atoms with Gasteiger partial charge in [0.25, 0.3) is 5.79 Å². The van der Waals surface area contributed by atoms with Crippen LogP contribution in [0.3, 0.4) is 0 Å². The zero-order chi connectivity index (χ0) is 10.6. The number of hydrogen-bond donors (Lipinski definition) is 1. The first kappa shape index (κ1) is 16.4. The molecule has 14 heavy (non-hydrogen) atoms. The summed E-state index contributed by atoms with van der Waals surface area (Å²) in [5, 5.41) is 8.88. The Kier molecular flexibility index (Phi) is 7.49. The van der Waals surface area contributed by atoms with E-state index in [1.54, 1.807) is 27.7 Å². The molecule has 5 heteroatoms. The summed E-state index contributed by atoms with van der Waals surface area (Å²) in [5.41, 5.74) is 0. The molecule has 4 nitrogen and oxygen atoms in total. The highest BCUT2D eigenvalue weighted by Crippen LogP contribution is 2.17. The summed E-state index contributed by atoms with van der Waals surface area (Å²) in [7, 11) is 0. The molecule has 1 N–H and O–H groups in total. The number of carbonyl (C=O) groups is 1. The van der Waals surface area contributed by atoms with E-state index < -0.39 is 11.8 Å². The monoisotopic (exact) mass is 220 g/mol. The summed E-state index contributed by atoms with van der Waals surface area (Å²) in [6, 6.07) is 0. The quantitative estimate of drug-likeness (QED) is 0.540. The average Bonchev–Trinajstić information content (AvgIpc) is 1.82. The second-order valence-electron chi connectivity index (χ2n) is 3.58. The molecule has 0 bridgehead atoms. The van der Waals surface area contributed by atoms with Crippen molar-refractivity contribution < 1.29 is 19.4 Å². The van der Waals surface area contributed by atoms with E-state index >= 15 is 0 Å². The van der Waals surface area contributed by atoms with Crippen LogP contribution in [0.5, 0.6) is 0 Å². The highest BCUT2D eigenvalue weighted by Gasteiger charge is 2.37. The molecule has 0 fully saturated rings. The highest BCUT2D eigenvalue weighted by molar-refractivity contribution is 5.75. The second-order valence-corrected chi connectivity index (χ2v) is 3.58. The predicted molar refractivity (Wildman–Crippen MR) is 58.4 cm³/mol. The van der Waals surface area contributed by atoms with Gasteiger partial charge in [-0.3, -0.25) is 0 Å². The Balaban J connectivity index is 0. The maximum Gasteiger partial charge on any atom is 0.364 e. The molecule has 0 amide bonds. The molecule has 84 valence electrons. The molecule has 0 aliphatic heterocycles. The van der Waals surface area contributed by atoms with Crippen molar-refractivity contribution >= 4 is 23.3 Å². The Labute approximate surface area is 95.7 Å². The molecule has 0 aliphatic carbocycles. The Morgan fingerprint density at radius 2 is 1.43 bits per heavy atom. The highest BCUT2D eigenvalue weighted by atomic mass is 27.0. The number of hydrogen-bond acceptors (Lipinski definition) is 3. The van der Waals surface area contributed by atoms with Crippen LogP contribution in [0.25, 0.3) is 0 Å². The first-order valence-electron chi connectivity index (χ1n) is 4.37. The Hall–Kier alpha value is -0.0775. The molecule has 0 aromatic heterocycles. The number of aliphatic carboxylic acids is 1. The Morgan fingerprint density at radius 1 is 1.14 bits per heavy atom. The van der Waals surface area contributed by atoms with Gasteiger partial charge in [-0.2, -0.15) is 0 Å². The van der Waals surface area contributed by atoms with E-state index in [1.165, 1.54) is 6.92 Å². The van der Waals surface area contributed by atoms with Crippen LogP contribution < -0.4 is 0 Å². The number of ether oxygens (including phenoxy) is 2. The molecule has 0 unspecified atom stereocenters. The molecular formula is C9H21AlO4. The van der Waals surface area contributed by atoms with Gasteiger partial charge in [0.1, 0.15) is 0 Å². The van der Waals surface area contributed by atoms with Gasteiger partial charge in [-0.1, -0.05) is 0 Å². The molecule has 0 heterocycles. The fourth-order valence-electron chi connectivity index (χ4n) is 1.03. The van der Waals surface area contributed by atoms with Gasteiger partial charge in [0, 0.05) is 6.92 Å². The van der Waals surface area contributed by atoms with Crippen LogP contribution in [0.15, 0.2) is 0 Å². The van der Waals surface area contributed by atoms with Gasteiger partial charge in [-0.05, 0) is 27.7 Å². The Morgan fingerprint density at radius 3 is 1.57 bits per heavy atom. The van der Waals surface area contributed by atoms with E-state index in [0.717, 1.165) is 0 Å². The minimum Gasteiger partial charge on any atom is -0.477 e. The van der Waals surface area contributed by atoms with E-state index in [9.17, 15) is 4.79 Å². The van der Waals surface area contributed by atoms with Gasteiger partial charge in [-0.15, -0.1) is 0 Å². The molecule has 0 aromatic carbocycles. The molecule has 0 aliphatic rings. The zero-order valence-corrected chi connectivity index (χ0v) is 8.83. The first-order chi connectivity index (χ1) is 5.78. The van der Waals surface area contributed by atoms with Crippen LogP contribution in [0.2, 0.25) is 0 Å². The number of rotatable bonds is 5. The molecule has 0 spiro atoms. The third-order valence-corrected chi connectivity index (χ3v) is 1.31. The fraction of sp³-hybridized carbons (Fsp3) is 0.889. The number of carboxylic acids is 1. The van der Waals surface area contributed by atoms with Gasteiger partial charge in [0.15, 0.2) is 17.4 Å². The van der Waals surface area contributed by atoms with E-state index in [-0.39, 0.29) is 29.6 Å². The van der Waals surface area contributed by atoms with Crippen molar-refractivity contribution in [2.75, 3.05) is 0 Å². The molecule has 0 saturated heterocycles. The first-order valence-corrected chi connectivity index (χ1v) is 4.37. The van der Waals surface area contributed by atoms with Gasteiger partial charge < -0.3 is 14.6 Å². The lowest BCUT2D eigenvalue weighted by atomic mass is 10.3. The maximum absolute atomic E-state index is 10.8. The van der Waals surface area contributed by atoms with Gasteiger partial charge in [0.05, 0.1) is 12.2 Å². The van der Waals surface area contributed by atoms with Crippen molar-refractivity contribution in [1.29, 1.82) is 0 Å². The van der Waals surface area contributed by atoms with Crippen LogP contribution in [-0.4, -0.2) is 46.4 Å². The summed E-state index contributed by atoms with van der Waals surface area (Å²) in [4.78, 5) is 10.8.